The summed E-state index contributed by atoms with van der Waals surface area (Å²) in [5.41, 5.74) is 5.58. The van der Waals surface area contributed by atoms with Gasteiger partial charge in [0.15, 0.2) is 0 Å². The van der Waals surface area contributed by atoms with Gasteiger partial charge in [0.1, 0.15) is 0 Å². The molecule has 7 heteroatoms. The molecule has 27 heavy (non-hydrogen) atoms. The van der Waals surface area contributed by atoms with Crippen molar-refractivity contribution in [3.8, 4) is 0 Å². The van der Waals surface area contributed by atoms with Crippen molar-refractivity contribution >= 4 is 23.5 Å². The van der Waals surface area contributed by atoms with Crippen LogP contribution in [0.4, 0.5) is 11.4 Å². The number of hydrogen-bond donors (Lipinski definition) is 1. The molecule has 1 fully saturated rings. The van der Waals surface area contributed by atoms with Gasteiger partial charge in [-0.15, -0.1) is 0 Å². The fourth-order valence-electron chi connectivity index (χ4n) is 3.11. The first-order chi connectivity index (χ1) is 13.0. The van der Waals surface area contributed by atoms with Crippen LogP contribution in [0.25, 0.3) is 0 Å². The van der Waals surface area contributed by atoms with Gasteiger partial charge < -0.3 is 4.90 Å². The van der Waals surface area contributed by atoms with E-state index < -0.39 is 4.92 Å². The lowest BCUT2D eigenvalue weighted by Crippen LogP contribution is -2.30. The van der Waals surface area contributed by atoms with Gasteiger partial charge in [-0.2, -0.15) is 5.10 Å². The number of rotatable bonds is 5. The van der Waals surface area contributed by atoms with E-state index in [1.807, 2.05) is 19.1 Å². The second-order valence-corrected chi connectivity index (χ2v) is 6.61. The number of hydrogen-bond acceptors (Lipinski definition) is 5. The van der Waals surface area contributed by atoms with E-state index in [0.717, 1.165) is 37.2 Å². The Hall–Kier alpha value is -3.22. The molecule has 0 unspecified atom stereocenters. The third-order valence-electron chi connectivity index (χ3n) is 4.60. The first-order valence-corrected chi connectivity index (χ1v) is 8.98. The number of nitro benzene ring substituents is 1. The topological polar surface area (TPSA) is 87.8 Å². The molecule has 3 rings (SSSR count). The molecule has 7 nitrogen and oxygen atoms in total. The molecule has 0 spiro atoms. The number of nitrogens with one attached hydrogen (secondary N) is 1. The molecule has 1 saturated heterocycles. The number of non-ortho nitro benzene ring substituents is 1. The minimum atomic E-state index is -0.428. The number of piperidine rings is 1. The fraction of sp³-hybridized carbons (Fsp3) is 0.300. The molecule has 1 amide bonds. The predicted molar refractivity (Wildman–Crippen MR) is 105 cm³/mol. The van der Waals surface area contributed by atoms with Gasteiger partial charge in [0.25, 0.3) is 11.6 Å². The van der Waals surface area contributed by atoms with Crippen molar-refractivity contribution in [1.82, 2.24) is 5.43 Å². The van der Waals surface area contributed by atoms with E-state index in [1.54, 1.807) is 18.2 Å². The summed E-state index contributed by atoms with van der Waals surface area (Å²) in [5, 5.41) is 15.1. The molecule has 0 atom stereocenters. The maximum atomic E-state index is 12.2. The van der Waals surface area contributed by atoms with Crippen LogP contribution in [0, 0.1) is 17.0 Å². The summed E-state index contributed by atoms with van der Waals surface area (Å²) in [6.07, 6.45) is 4.86. The van der Waals surface area contributed by atoms with E-state index in [9.17, 15) is 14.9 Å². The van der Waals surface area contributed by atoms with Crippen molar-refractivity contribution in [1.29, 1.82) is 0 Å². The Bertz CT molecular complexity index is 856. The quantitative estimate of drug-likeness (QED) is 0.497. The zero-order valence-electron chi connectivity index (χ0n) is 15.2. The molecule has 0 bridgehead atoms. The van der Waals surface area contributed by atoms with Crippen molar-refractivity contribution < 1.29 is 9.72 Å². The highest BCUT2D eigenvalue weighted by Gasteiger charge is 2.17. The Labute approximate surface area is 157 Å². The minimum absolute atomic E-state index is 0.00192. The minimum Gasteiger partial charge on any atom is -0.371 e. The van der Waals surface area contributed by atoms with Crippen LogP contribution in [0.15, 0.2) is 47.6 Å². The number of benzene rings is 2. The average Bonchev–Trinajstić information content (AvgIpc) is 2.69. The zero-order chi connectivity index (χ0) is 19.2. The number of anilines is 1. The van der Waals surface area contributed by atoms with Crippen LogP contribution in [-0.2, 0) is 0 Å². The molecule has 0 aliphatic carbocycles. The largest absolute Gasteiger partial charge is 0.371 e. The molecule has 1 heterocycles. The summed E-state index contributed by atoms with van der Waals surface area (Å²) in [5.74, 6) is -0.323. The first-order valence-electron chi connectivity index (χ1n) is 8.98. The Morgan fingerprint density at radius 2 is 1.85 bits per heavy atom. The molecule has 1 aliphatic heterocycles. The van der Waals surface area contributed by atoms with Crippen LogP contribution in [0.5, 0.6) is 0 Å². The maximum absolute atomic E-state index is 12.2. The number of nitrogens with zero attached hydrogens (tertiary/aromatic N) is 3. The lowest BCUT2D eigenvalue weighted by atomic mass is 10.1. The van der Waals surface area contributed by atoms with Crippen molar-refractivity contribution in [2.45, 2.75) is 26.2 Å². The van der Waals surface area contributed by atoms with Gasteiger partial charge in [0, 0.05) is 42.0 Å². The molecule has 0 aromatic heterocycles. The fourth-order valence-corrected chi connectivity index (χ4v) is 3.11. The lowest BCUT2D eigenvalue weighted by Gasteiger charge is -2.29. The lowest BCUT2D eigenvalue weighted by molar-refractivity contribution is -0.384. The second-order valence-electron chi connectivity index (χ2n) is 6.61. The molecule has 1 aliphatic rings. The molecule has 1 N–H and O–H groups in total. The van der Waals surface area contributed by atoms with Gasteiger partial charge in [-0.05, 0) is 44.4 Å². The van der Waals surface area contributed by atoms with Gasteiger partial charge in [-0.3, -0.25) is 14.9 Å². The second kappa shape index (κ2) is 8.44. The number of amides is 1. The van der Waals surface area contributed by atoms with Crippen LogP contribution in [0.3, 0.4) is 0 Å². The third kappa shape index (κ3) is 4.69. The standard InChI is InChI=1S/C20H22N4O3/c1-15-5-7-16(8-6-15)20(25)22-21-14-17-13-18(24(26)27)9-10-19(17)23-11-3-2-4-12-23/h5-10,13-14H,2-4,11-12H2,1H3,(H,22,25)/b21-14-. The number of carbonyl (C=O) groups excluding carboxylic acids is 1. The summed E-state index contributed by atoms with van der Waals surface area (Å²) in [6.45, 7) is 3.77. The average molecular weight is 366 g/mol. The van der Waals surface area contributed by atoms with Gasteiger partial charge in [-0.1, -0.05) is 17.7 Å². The highest BCUT2D eigenvalue weighted by molar-refractivity contribution is 5.95. The van der Waals surface area contributed by atoms with Crippen LogP contribution in [0.1, 0.15) is 40.7 Å². The normalized spacial score (nSPS) is 14.3. The summed E-state index contributed by atoms with van der Waals surface area (Å²) in [4.78, 5) is 25.1. The Morgan fingerprint density at radius 3 is 2.52 bits per heavy atom. The number of carbonyl (C=O) groups is 1. The molecule has 2 aromatic rings. The van der Waals surface area contributed by atoms with E-state index in [0.29, 0.717) is 11.1 Å². The Kier molecular flexibility index (Phi) is 5.80. The molecular weight excluding hydrogens is 344 g/mol. The van der Waals surface area contributed by atoms with E-state index in [1.165, 1.54) is 24.8 Å². The van der Waals surface area contributed by atoms with Crippen molar-refractivity contribution in [2.75, 3.05) is 18.0 Å². The summed E-state index contributed by atoms with van der Waals surface area (Å²) < 4.78 is 0. The van der Waals surface area contributed by atoms with Gasteiger partial charge in [0.2, 0.25) is 0 Å². The monoisotopic (exact) mass is 366 g/mol. The van der Waals surface area contributed by atoms with Crippen molar-refractivity contribution in [2.24, 2.45) is 5.10 Å². The molecule has 140 valence electrons. The predicted octanol–water partition coefficient (Wildman–Crippen LogP) is 3.66. The van der Waals surface area contributed by atoms with E-state index in [4.69, 9.17) is 0 Å². The first kappa shape index (κ1) is 18.6. The van der Waals surface area contributed by atoms with Crippen molar-refractivity contribution in [3.05, 3.63) is 69.3 Å². The SMILES string of the molecule is Cc1ccc(C(=O)N/N=C\c2cc([N+](=O)[O-])ccc2N2CCCCC2)cc1. The van der Waals surface area contributed by atoms with E-state index in [-0.39, 0.29) is 11.6 Å². The Balaban J connectivity index is 1.79. The molecule has 0 radical (unpaired) electrons. The van der Waals surface area contributed by atoms with E-state index >= 15 is 0 Å². The highest BCUT2D eigenvalue weighted by Crippen LogP contribution is 2.26. The molecule has 2 aromatic carbocycles. The third-order valence-corrected chi connectivity index (χ3v) is 4.60. The zero-order valence-corrected chi connectivity index (χ0v) is 15.2. The van der Waals surface area contributed by atoms with Crippen LogP contribution in [0.2, 0.25) is 0 Å². The van der Waals surface area contributed by atoms with Crippen LogP contribution in [-0.4, -0.2) is 30.1 Å². The van der Waals surface area contributed by atoms with Gasteiger partial charge in [0.05, 0.1) is 11.1 Å². The van der Waals surface area contributed by atoms with Crippen LogP contribution >= 0.6 is 0 Å². The number of hydrazone groups is 1. The number of aryl methyl sites for hydroxylation is 1. The number of nitro groups is 1. The van der Waals surface area contributed by atoms with Gasteiger partial charge in [-0.25, -0.2) is 5.43 Å². The summed E-state index contributed by atoms with van der Waals surface area (Å²) in [6, 6.07) is 11.9. The van der Waals surface area contributed by atoms with Crippen LogP contribution < -0.4 is 10.3 Å². The summed E-state index contributed by atoms with van der Waals surface area (Å²) in [7, 11) is 0. The Morgan fingerprint density at radius 1 is 1.15 bits per heavy atom. The summed E-state index contributed by atoms with van der Waals surface area (Å²) >= 11 is 0. The molecule has 0 saturated carbocycles. The van der Waals surface area contributed by atoms with Crippen molar-refractivity contribution in [3.63, 3.8) is 0 Å². The van der Waals surface area contributed by atoms with E-state index in [2.05, 4.69) is 15.4 Å². The maximum Gasteiger partial charge on any atom is 0.271 e. The highest BCUT2D eigenvalue weighted by atomic mass is 16.6. The smallest absolute Gasteiger partial charge is 0.271 e. The molecular formula is C20H22N4O3. The van der Waals surface area contributed by atoms with Gasteiger partial charge >= 0.3 is 0 Å².